The number of aromatic nitrogens is 1. The van der Waals surface area contributed by atoms with Crippen LogP contribution in [0.3, 0.4) is 0 Å². The van der Waals surface area contributed by atoms with Crippen LogP contribution in [0.2, 0.25) is 0 Å². The van der Waals surface area contributed by atoms with E-state index >= 15 is 0 Å². The zero-order valence-electron chi connectivity index (χ0n) is 18.5. The summed E-state index contributed by atoms with van der Waals surface area (Å²) in [5, 5.41) is 3.85. The highest BCUT2D eigenvalue weighted by Gasteiger charge is 2.27. The highest BCUT2D eigenvalue weighted by Crippen LogP contribution is 2.29. The average molecular weight is 424 g/mol. The number of esters is 1. The van der Waals surface area contributed by atoms with Gasteiger partial charge in [0.25, 0.3) is 5.91 Å². The molecule has 1 aliphatic carbocycles. The van der Waals surface area contributed by atoms with Gasteiger partial charge in [0.05, 0.1) is 11.1 Å². The Morgan fingerprint density at radius 3 is 2.71 bits per heavy atom. The van der Waals surface area contributed by atoms with E-state index in [2.05, 4.69) is 17.1 Å². The van der Waals surface area contributed by atoms with Crippen molar-refractivity contribution in [3.8, 4) is 0 Å². The van der Waals surface area contributed by atoms with Crippen molar-refractivity contribution in [2.75, 3.05) is 19.7 Å². The third-order valence-corrected chi connectivity index (χ3v) is 6.42. The van der Waals surface area contributed by atoms with E-state index in [0.717, 1.165) is 73.8 Å². The van der Waals surface area contributed by atoms with Crippen LogP contribution in [-0.2, 0) is 22.5 Å². The topological polar surface area (TPSA) is 71.5 Å². The SMILES string of the molecule is CCCN1CCc2nc3ccccc3c(C(=O)OCC(=O)NC3CCCCCC3)c2C1. The Bertz CT molecular complexity index is 935. The number of para-hydroxylation sites is 1. The molecule has 1 saturated carbocycles. The van der Waals surface area contributed by atoms with E-state index in [9.17, 15) is 9.59 Å². The summed E-state index contributed by atoms with van der Waals surface area (Å²) in [6, 6.07) is 7.90. The molecule has 0 unspecified atom stereocenters. The zero-order chi connectivity index (χ0) is 21.6. The molecule has 166 valence electrons. The Hall–Kier alpha value is -2.47. The summed E-state index contributed by atoms with van der Waals surface area (Å²) in [6.45, 7) is 4.56. The normalized spacial score (nSPS) is 17.7. The molecular formula is C25H33N3O3. The molecule has 2 aliphatic rings. The first-order valence-corrected chi connectivity index (χ1v) is 11.7. The highest BCUT2D eigenvalue weighted by atomic mass is 16.5. The van der Waals surface area contributed by atoms with Crippen LogP contribution in [-0.4, -0.2) is 47.5 Å². The Balaban J connectivity index is 1.51. The van der Waals surface area contributed by atoms with Crippen molar-refractivity contribution in [3.63, 3.8) is 0 Å². The van der Waals surface area contributed by atoms with E-state index in [-0.39, 0.29) is 18.6 Å². The molecule has 0 spiro atoms. The molecule has 1 amide bonds. The Morgan fingerprint density at radius 1 is 1.16 bits per heavy atom. The van der Waals surface area contributed by atoms with Crippen LogP contribution >= 0.6 is 0 Å². The molecule has 0 radical (unpaired) electrons. The Morgan fingerprint density at radius 2 is 1.94 bits per heavy atom. The lowest BCUT2D eigenvalue weighted by Crippen LogP contribution is -2.37. The summed E-state index contributed by atoms with van der Waals surface area (Å²) in [4.78, 5) is 32.8. The smallest absolute Gasteiger partial charge is 0.339 e. The van der Waals surface area contributed by atoms with Crippen LogP contribution in [0.25, 0.3) is 10.9 Å². The fourth-order valence-electron chi connectivity index (χ4n) is 4.88. The van der Waals surface area contributed by atoms with Crippen molar-refractivity contribution < 1.29 is 14.3 Å². The van der Waals surface area contributed by atoms with Gasteiger partial charge in [0, 0.05) is 42.2 Å². The Kier molecular flexibility index (Phi) is 7.17. The molecule has 4 rings (SSSR count). The second kappa shape index (κ2) is 10.2. The van der Waals surface area contributed by atoms with Gasteiger partial charge >= 0.3 is 5.97 Å². The van der Waals surface area contributed by atoms with Gasteiger partial charge in [-0.3, -0.25) is 14.7 Å². The molecule has 1 aromatic heterocycles. The van der Waals surface area contributed by atoms with E-state index in [1.54, 1.807) is 0 Å². The van der Waals surface area contributed by atoms with Crippen LogP contribution in [0.5, 0.6) is 0 Å². The number of rotatable bonds is 6. The van der Waals surface area contributed by atoms with Gasteiger partial charge in [-0.05, 0) is 31.9 Å². The van der Waals surface area contributed by atoms with Crippen molar-refractivity contribution in [2.45, 2.75) is 70.9 Å². The van der Waals surface area contributed by atoms with Gasteiger partial charge in [0.2, 0.25) is 0 Å². The summed E-state index contributed by atoms with van der Waals surface area (Å²) in [6.07, 6.45) is 8.67. The first kappa shape index (κ1) is 21.8. The number of pyridine rings is 1. The predicted molar refractivity (Wildman–Crippen MR) is 121 cm³/mol. The fourth-order valence-corrected chi connectivity index (χ4v) is 4.88. The molecule has 2 heterocycles. The second-order valence-corrected chi connectivity index (χ2v) is 8.79. The number of carbonyl (C=O) groups is 2. The number of hydrogen-bond acceptors (Lipinski definition) is 5. The maximum atomic E-state index is 13.2. The van der Waals surface area contributed by atoms with Gasteiger partial charge in [0.1, 0.15) is 0 Å². The second-order valence-electron chi connectivity index (χ2n) is 8.79. The Labute approximate surface area is 184 Å². The van der Waals surface area contributed by atoms with Crippen LogP contribution in [0.4, 0.5) is 0 Å². The molecule has 0 atom stereocenters. The predicted octanol–water partition coefficient (Wildman–Crippen LogP) is 4.00. The van der Waals surface area contributed by atoms with Gasteiger partial charge in [-0.2, -0.15) is 0 Å². The van der Waals surface area contributed by atoms with Crippen molar-refractivity contribution >= 4 is 22.8 Å². The lowest BCUT2D eigenvalue weighted by Gasteiger charge is -2.29. The van der Waals surface area contributed by atoms with Gasteiger partial charge in [-0.25, -0.2) is 4.79 Å². The summed E-state index contributed by atoms with van der Waals surface area (Å²) < 4.78 is 5.53. The molecule has 1 aromatic carbocycles. The highest BCUT2D eigenvalue weighted by molar-refractivity contribution is 6.05. The van der Waals surface area contributed by atoms with E-state index in [0.29, 0.717) is 12.1 Å². The van der Waals surface area contributed by atoms with Crippen molar-refractivity contribution in [1.29, 1.82) is 0 Å². The molecule has 1 fully saturated rings. The molecule has 1 aliphatic heterocycles. The van der Waals surface area contributed by atoms with Crippen molar-refractivity contribution in [3.05, 3.63) is 41.1 Å². The maximum absolute atomic E-state index is 13.2. The van der Waals surface area contributed by atoms with Crippen molar-refractivity contribution in [2.24, 2.45) is 0 Å². The largest absolute Gasteiger partial charge is 0.452 e. The van der Waals surface area contributed by atoms with E-state index < -0.39 is 5.97 Å². The summed E-state index contributed by atoms with van der Waals surface area (Å²) in [7, 11) is 0. The summed E-state index contributed by atoms with van der Waals surface area (Å²) in [5.41, 5.74) is 3.30. The van der Waals surface area contributed by atoms with Crippen LogP contribution in [0, 0.1) is 0 Å². The number of benzene rings is 1. The minimum atomic E-state index is -0.427. The molecular weight excluding hydrogens is 390 g/mol. The molecule has 1 N–H and O–H groups in total. The van der Waals surface area contributed by atoms with Crippen LogP contribution in [0.15, 0.2) is 24.3 Å². The number of hydrogen-bond donors (Lipinski definition) is 1. The van der Waals surface area contributed by atoms with Gasteiger partial charge < -0.3 is 10.1 Å². The van der Waals surface area contributed by atoms with E-state index in [1.165, 1.54) is 12.8 Å². The van der Waals surface area contributed by atoms with Gasteiger partial charge in [-0.1, -0.05) is 50.8 Å². The number of amides is 1. The van der Waals surface area contributed by atoms with Gasteiger partial charge in [0.15, 0.2) is 6.61 Å². The molecule has 0 saturated heterocycles. The summed E-state index contributed by atoms with van der Waals surface area (Å²) in [5.74, 6) is -0.635. The number of nitrogens with zero attached hydrogens (tertiary/aromatic N) is 2. The number of carbonyl (C=O) groups excluding carboxylic acids is 2. The summed E-state index contributed by atoms with van der Waals surface area (Å²) >= 11 is 0. The standard InChI is InChI=1S/C25H33N3O3/c1-2-14-28-15-13-22-20(16-28)24(19-11-7-8-12-21(19)27-22)25(30)31-17-23(29)26-18-9-5-3-4-6-10-18/h7-8,11-12,18H,2-6,9-10,13-17H2,1H3,(H,26,29). The van der Waals surface area contributed by atoms with Crippen molar-refractivity contribution in [1.82, 2.24) is 15.2 Å². The van der Waals surface area contributed by atoms with E-state index in [1.807, 2.05) is 24.3 Å². The first-order valence-electron chi connectivity index (χ1n) is 11.7. The lowest BCUT2D eigenvalue weighted by atomic mass is 9.95. The molecule has 31 heavy (non-hydrogen) atoms. The number of fused-ring (bicyclic) bond motifs is 2. The van der Waals surface area contributed by atoms with Crippen LogP contribution < -0.4 is 5.32 Å². The third-order valence-electron chi connectivity index (χ3n) is 6.42. The monoisotopic (exact) mass is 423 g/mol. The molecule has 6 heteroatoms. The van der Waals surface area contributed by atoms with Gasteiger partial charge in [-0.15, -0.1) is 0 Å². The third kappa shape index (κ3) is 5.24. The van der Waals surface area contributed by atoms with E-state index in [4.69, 9.17) is 9.72 Å². The fraction of sp³-hybridized carbons (Fsp3) is 0.560. The zero-order valence-corrected chi connectivity index (χ0v) is 18.5. The number of nitrogens with one attached hydrogen (secondary N) is 1. The first-order chi connectivity index (χ1) is 15.2. The maximum Gasteiger partial charge on any atom is 0.339 e. The average Bonchev–Trinajstić information content (AvgIpc) is 3.05. The molecule has 6 nitrogen and oxygen atoms in total. The molecule has 2 aromatic rings. The number of ether oxygens (including phenoxy) is 1. The van der Waals surface area contributed by atoms with Crippen LogP contribution in [0.1, 0.15) is 73.5 Å². The quantitative estimate of drug-likeness (QED) is 0.562. The lowest BCUT2D eigenvalue weighted by molar-refractivity contribution is -0.125. The minimum absolute atomic E-state index is 0.200. The molecule has 0 bridgehead atoms. The minimum Gasteiger partial charge on any atom is -0.452 e.